The van der Waals surface area contributed by atoms with E-state index in [1.165, 1.54) is 6.08 Å². The first-order valence-electron chi connectivity index (χ1n) is 5.05. The fraction of sp³-hybridized carbons (Fsp3) is 0.800. The monoisotopic (exact) mass is 328 g/mol. The third kappa shape index (κ3) is 5.26. The van der Waals surface area contributed by atoms with E-state index in [1.54, 1.807) is 0 Å². The van der Waals surface area contributed by atoms with Crippen LogP contribution in [-0.4, -0.2) is 33.0 Å². The average molecular weight is 328 g/mol. The average Bonchev–Trinajstić information content (AvgIpc) is 2.21. The Hall–Kier alpha value is 0.310. The van der Waals surface area contributed by atoms with Gasteiger partial charge in [0.25, 0.3) is 0 Å². The highest BCUT2D eigenvalue weighted by atomic mass is 127. The number of rotatable bonds is 5. The zero-order chi connectivity index (χ0) is 11.3. The zero-order valence-corrected chi connectivity index (χ0v) is 10.7. The molecule has 0 aromatic carbocycles. The van der Waals surface area contributed by atoms with Crippen LogP contribution in [0.15, 0.2) is 12.7 Å². The van der Waals surface area contributed by atoms with Crippen molar-refractivity contribution < 1.29 is 19.7 Å². The first kappa shape index (κ1) is 13.4. The van der Waals surface area contributed by atoms with Gasteiger partial charge >= 0.3 is 0 Å². The van der Waals surface area contributed by atoms with Gasteiger partial charge in [-0.3, -0.25) is 0 Å². The van der Waals surface area contributed by atoms with Crippen molar-refractivity contribution in [2.45, 2.75) is 48.5 Å². The molecule has 4 nitrogen and oxygen atoms in total. The van der Waals surface area contributed by atoms with Gasteiger partial charge in [0.15, 0.2) is 6.29 Å². The van der Waals surface area contributed by atoms with Crippen LogP contribution in [0, 0.1) is 0 Å². The van der Waals surface area contributed by atoms with Crippen LogP contribution in [0.1, 0.15) is 25.7 Å². The molecule has 0 heterocycles. The third-order valence-electron chi connectivity index (χ3n) is 2.39. The van der Waals surface area contributed by atoms with Gasteiger partial charge in [0.1, 0.15) is 0 Å². The highest BCUT2D eigenvalue weighted by molar-refractivity contribution is 14.1. The fourth-order valence-electron chi connectivity index (χ4n) is 1.53. The summed E-state index contributed by atoms with van der Waals surface area (Å²) < 4.78 is 10.2. The summed E-state index contributed by atoms with van der Waals surface area (Å²) in [5, 5.41) is 18.4. The standard InChI is InChI=1S/C10H17IO4/c1-2-9(13)15-10(11)14-8-5-3-7(12)4-6-8/h2,7-10,12-13H,1,3-6H2. The highest BCUT2D eigenvalue weighted by Gasteiger charge is 2.22. The molecule has 0 spiro atoms. The molecule has 1 aliphatic rings. The molecule has 2 N–H and O–H groups in total. The molecular weight excluding hydrogens is 311 g/mol. The first-order valence-corrected chi connectivity index (χ1v) is 6.30. The summed E-state index contributed by atoms with van der Waals surface area (Å²) in [6.07, 6.45) is 3.49. The van der Waals surface area contributed by atoms with E-state index < -0.39 is 10.6 Å². The normalized spacial score (nSPS) is 30.9. The molecule has 2 atom stereocenters. The smallest absolute Gasteiger partial charge is 0.213 e. The predicted molar refractivity (Wildman–Crippen MR) is 64.4 cm³/mol. The second-order valence-corrected chi connectivity index (χ2v) is 4.62. The molecule has 1 fully saturated rings. The molecule has 1 aliphatic carbocycles. The summed E-state index contributed by atoms with van der Waals surface area (Å²) >= 11 is 1.97. The quantitative estimate of drug-likeness (QED) is 0.348. The summed E-state index contributed by atoms with van der Waals surface area (Å²) in [5.41, 5.74) is 0. The van der Waals surface area contributed by atoms with Crippen LogP contribution in [0.2, 0.25) is 0 Å². The number of ether oxygens (including phenoxy) is 2. The Morgan fingerprint density at radius 2 is 1.93 bits per heavy atom. The van der Waals surface area contributed by atoms with Crippen molar-refractivity contribution in [3.63, 3.8) is 0 Å². The van der Waals surface area contributed by atoms with Gasteiger partial charge in [0.2, 0.25) is 4.30 Å². The lowest BCUT2D eigenvalue weighted by Gasteiger charge is -2.27. The molecule has 1 saturated carbocycles. The lowest BCUT2D eigenvalue weighted by atomic mass is 9.95. The Labute approximate surface area is 103 Å². The van der Waals surface area contributed by atoms with Crippen molar-refractivity contribution in [2.75, 3.05) is 0 Å². The zero-order valence-electron chi connectivity index (χ0n) is 8.51. The summed E-state index contributed by atoms with van der Waals surface area (Å²) in [6.45, 7) is 3.40. The Bertz CT molecular complexity index is 192. The minimum atomic E-state index is -0.985. The highest BCUT2D eigenvalue weighted by Crippen LogP contribution is 2.24. The lowest BCUT2D eigenvalue weighted by Crippen LogP contribution is -2.29. The molecule has 0 aromatic heterocycles. The van der Waals surface area contributed by atoms with E-state index in [0.29, 0.717) is 0 Å². The summed E-state index contributed by atoms with van der Waals surface area (Å²) in [6, 6.07) is 0. The van der Waals surface area contributed by atoms with Gasteiger partial charge in [0.05, 0.1) is 12.2 Å². The van der Waals surface area contributed by atoms with Crippen molar-refractivity contribution >= 4 is 22.6 Å². The van der Waals surface area contributed by atoms with Crippen LogP contribution in [0.3, 0.4) is 0 Å². The van der Waals surface area contributed by atoms with Gasteiger partial charge in [-0.2, -0.15) is 0 Å². The van der Waals surface area contributed by atoms with E-state index >= 15 is 0 Å². The van der Waals surface area contributed by atoms with Crippen molar-refractivity contribution in [1.29, 1.82) is 0 Å². The van der Waals surface area contributed by atoms with Gasteiger partial charge in [-0.15, -0.1) is 0 Å². The SMILES string of the molecule is C=CC(O)OC(I)OC1CCC(O)CC1. The molecule has 1 rings (SSSR count). The first-order chi connectivity index (χ1) is 7.11. The van der Waals surface area contributed by atoms with E-state index in [1.807, 2.05) is 22.6 Å². The number of hydrogen-bond acceptors (Lipinski definition) is 4. The molecule has 0 aromatic rings. The molecule has 5 heteroatoms. The van der Waals surface area contributed by atoms with E-state index in [2.05, 4.69) is 6.58 Å². The molecule has 2 unspecified atom stereocenters. The molecule has 0 bridgehead atoms. The lowest BCUT2D eigenvalue weighted by molar-refractivity contribution is -0.182. The maximum atomic E-state index is 9.30. The number of hydrogen-bond donors (Lipinski definition) is 2. The largest absolute Gasteiger partial charge is 0.393 e. The van der Waals surface area contributed by atoms with Gasteiger partial charge in [0, 0.05) is 0 Å². The van der Waals surface area contributed by atoms with Crippen molar-refractivity contribution in [3.05, 3.63) is 12.7 Å². The van der Waals surface area contributed by atoms with Crippen molar-refractivity contribution in [2.24, 2.45) is 0 Å². The van der Waals surface area contributed by atoms with Crippen LogP contribution in [0.5, 0.6) is 0 Å². The summed E-state index contributed by atoms with van der Waals surface area (Å²) in [4.78, 5) is 0. The van der Waals surface area contributed by atoms with Crippen LogP contribution >= 0.6 is 22.6 Å². The second-order valence-electron chi connectivity index (χ2n) is 3.60. The molecule has 15 heavy (non-hydrogen) atoms. The van der Waals surface area contributed by atoms with Gasteiger partial charge in [-0.1, -0.05) is 6.58 Å². The Morgan fingerprint density at radius 1 is 1.33 bits per heavy atom. The fourth-order valence-corrected chi connectivity index (χ4v) is 2.25. The van der Waals surface area contributed by atoms with Gasteiger partial charge in [-0.05, 0) is 54.4 Å². The van der Waals surface area contributed by atoms with E-state index in [9.17, 15) is 5.11 Å². The number of halogens is 1. The molecule has 0 aliphatic heterocycles. The summed E-state index contributed by atoms with van der Waals surface area (Å²) in [7, 11) is 0. The Morgan fingerprint density at radius 3 is 2.47 bits per heavy atom. The Balaban J connectivity index is 2.20. The van der Waals surface area contributed by atoms with Crippen LogP contribution in [0.4, 0.5) is 0 Å². The Kier molecular flexibility index (Phi) is 6.06. The second kappa shape index (κ2) is 6.80. The topological polar surface area (TPSA) is 58.9 Å². The minimum absolute atomic E-state index is 0.118. The number of aliphatic hydroxyl groups is 2. The molecular formula is C10H17IO4. The van der Waals surface area contributed by atoms with E-state index in [4.69, 9.17) is 14.6 Å². The minimum Gasteiger partial charge on any atom is -0.393 e. The third-order valence-corrected chi connectivity index (χ3v) is 2.98. The number of alkyl halides is 1. The maximum Gasteiger partial charge on any atom is 0.213 e. The summed E-state index contributed by atoms with van der Waals surface area (Å²) in [5.74, 6) is 0. The van der Waals surface area contributed by atoms with E-state index in [0.717, 1.165) is 25.7 Å². The van der Waals surface area contributed by atoms with Crippen LogP contribution in [0.25, 0.3) is 0 Å². The van der Waals surface area contributed by atoms with Crippen LogP contribution < -0.4 is 0 Å². The van der Waals surface area contributed by atoms with Crippen molar-refractivity contribution in [3.8, 4) is 0 Å². The van der Waals surface area contributed by atoms with Gasteiger partial charge in [-0.25, -0.2) is 0 Å². The predicted octanol–water partition coefficient (Wildman–Crippen LogP) is 1.55. The maximum absolute atomic E-state index is 9.30. The molecule has 88 valence electrons. The van der Waals surface area contributed by atoms with E-state index in [-0.39, 0.29) is 12.2 Å². The van der Waals surface area contributed by atoms with Gasteiger partial charge < -0.3 is 19.7 Å². The number of aliphatic hydroxyl groups excluding tert-OH is 2. The van der Waals surface area contributed by atoms with Crippen LogP contribution in [-0.2, 0) is 9.47 Å². The molecule has 0 radical (unpaired) electrons. The molecule has 0 amide bonds. The molecule has 0 saturated heterocycles. The van der Waals surface area contributed by atoms with Crippen molar-refractivity contribution in [1.82, 2.24) is 0 Å².